The van der Waals surface area contributed by atoms with Gasteiger partial charge in [-0.2, -0.15) is 0 Å². The van der Waals surface area contributed by atoms with Crippen LogP contribution in [-0.4, -0.2) is 46.4 Å². The maximum atomic E-state index is 12.2. The second-order valence-corrected chi connectivity index (χ2v) is 4.14. The molecule has 1 amide bonds. The molecular formula is C12H16ClN3O3. The largest absolute Gasteiger partial charge is 0.465 e. The highest BCUT2D eigenvalue weighted by atomic mass is 35.5. The lowest BCUT2D eigenvalue weighted by Gasteiger charge is -2.20. The minimum Gasteiger partial charge on any atom is -0.465 e. The first-order valence-corrected chi connectivity index (χ1v) is 6.38. The molecule has 0 aliphatic rings. The Hall–Kier alpha value is -1.69. The lowest BCUT2D eigenvalue weighted by atomic mass is 10.3. The highest BCUT2D eigenvalue weighted by Gasteiger charge is 2.20. The van der Waals surface area contributed by atoms with E-state index < -0.39 is 5.97 Å². The van der Waals surface area contributed by atoms with E-state index in [0.29, 0.717) is 6.54 Å². The quantitative estimate of drug-likeness (QED) is 0.742. The molecule has 7 heteroatoms. The van der Waals surface area contributed by atoms with Crippen molar-refractivity contribution >= 4 is 23.5 Å². The minimum absolute atomic E-state index is 0.0924. The predicted molar refractivity (Wildman–Crippen MR) is 69.9 cm³/mol. The minimum atomic E-state index is -0.439. The standard InChI is InChI=1S/C12H16ClN3O3/c1-3-5-16(8-11(17)19-4-2)12(18)9-6-15-10(13)7-14-9/h6-7H,3-5,8H2,1-2H3. The van der Waals surface area contributed by atoms with Crippen molar-refractivity contribution in [2.45, 2.75) is 20.3 Å². The molecule has 0 fully saturated rings. The molecule has 0 radical (unpaired) electrons. The molecule has 0 saturated heterocycles. The molecule has 0 aromatic carbocycles. The van der Waals surface area contributed by atoms with Crippen LogP contribution < -0.4 is 0 Å². The number of amides is 1. The van der Waals surface area contributed by atoms with E-state index in [2.05, 4.69) is 9.97 Å². The molecule has 1 rings (SSSR count). The molecule has 1 aromatic rings. The smallest absolute Gasteiger partial charge is 0.325 e. The van der Waals surface area contributed by atoms with Gasteiger partial charge < -0.3 is 9.64 Å². The lowest BCUT2D eigenvalue weighted by molar-refractivity contribution is -0.143. The Morgan fingerprint density at radius 2 is 2.05 bits per heavy atom. The Morgan fingerprint density at radius 3 is 2.58 bits per heavy atom. The Balaban J connectivity index is 2.77. The molecule has 6 nitrogen and oxygen atoms in total. The first-order chi connectivity index (χ1) is 9.08. The van der Waals surface area contributed by atoms with Crippen LogP contribution in [0.15, 0.2) is 12.4 Å². The number of carbonyl (C=O) groups is 2. The van der Waals surface area contributed by atoms with Crippen molar-refractivity contribution in [2.75, 3.05) is 19.7 Å². The molecule has 0 aliphatic heterocycles. The number of ether oxygens (including phenoxy) is 1. The third kappa shape index (κ3) is 4.82. The Morgan fingerprint density at radius 1 is 1.32 bits per heavy atom. The van der Waals surface area contributed by atoms with E-state index in [0.717, 1.165) is 6.42 Å². The van der Waals surface area contributed by atoms with Crippen molar-refractivity contribution in [3.8, 4) is 0 Å². The fraction of sp³-hybridized carbons (Fsp3) is 0.500. The second kappa shape index (κ2) is 7.68. The van der Waals surface area contributed by atoms with Crippen LogP contribution in [0.5, 0.6) is 0 Å². The zero-order chi connectivity index (χ0) is 14.3. The average molecular weight is 286 g/mol. The van der Waals surface area contributed by atoms with Gasteiger partial charge in [0.1, 0.15) is 17.4 Å². The van der Waals surface area contributed by atoms with Crippen LogP contribution in [0.4, 0.5) is 0 Å². The van der Waals surface area contributed by atoms with Crippen LogP contribution in [0.25, 0.3) is 0 Å². The van der Waals surface area contributed by atoms with Crippen LogP contribution in [-0.2, 0) is 9.53 Å². The molecule has 104 valence electrons. The number of carbonyl (C=O) groups excluding carboxylic acids is 2. The van der Waals surface area contributed by atoms with Crippen LogP contribution in [0.2, 0.25) is 5.15 Å². The van der Waals surface area contributed by atoms with Crippen LogP contribution in [0.1, 0.15) is 30.8 Å². The summed E-state index contributed by atoms with van der Waals surface area (Å²) >= 11 is 5.61. The molecule has 0 unspecified atom stereocenters. The lowest BCUT2D eigenvalue weighted by Crippen LogP contribution is -2.37. The summed E-state index contributed by atoms with van der Waals surface area (Å²) in [6.07, 6.45) is 3.31. The van der Waals surface area contributed by atoms with E-state index in [-0.39, 0.29) is 29.9 Å². The van der Waals surface area contributed by atoms with Crippen molar-refractivity contribution in [2.24, 2.45) is 0 Å². The summed E-state index contributed by atoms with van der Waals surface area (Å²) in [6.45, 7) is 4.27. The summed E-state index contributed by atoms with van der Waals surface area (Å²) in [6, 6.07) is 0. The van der Waals surface area contributed by atoms with Gasteiger partial charge >= 0.3 is 5.97 Å². The Bertz CT molecular complexity index is 436. The van der Waals surface area contributed by atoms with Crippen LogP contribution in [0.3, 0.4) is 0 Å². The van der Waals surface area contributed by atoms with Gasteiger partial charge in [-0.05, 0) is 13.3 Å². The van der Waals surface area contributed by atoms with Crippen molar-refractivity contribution in [3.63, 3.8) is 0 Å². The molecule has 19 heavy (non-hydrogen) atoms. The Kier molecular flexibility index (Phi) is 6.21. The summed E-state index contributed by atoms with van der Waals surface area (Å²) in [5, 5.41) is 0.212. The predicted octanol–water partition coefficient (Wildman–Crippen LogP) is 1.55. The van der Waals surface area contributed by atoms with E-state index in [9.17, 15) is 9.59 Å². The number of aromatic nitrogens is 2. The first kappa shape index (κ1) is 15.4. The maximum absolute atomic E-state index is 12.2. The molecule has 1 aromatic heterocycles. The highest BCUT2D eigenvalue weighted by Crippen LogP contribution is 2.05. The number of esters is 1. The van der Waals surface area contributed by atoms with Gasteiger partial charge in [0.2, 0.25) is 0 Å². The van der Waals surface area contributed by atoms with E-state index in [1.165, 1.54) is 17.3 Å². The second-order valence-electron chi connectivity index (χ2n) is 3.76. The number of nitrogens with zero attached hydrogens (tertiary/aromatic N) is 3. The molecule has 0 spiro atoms. The molecule has 0 atom stereocenters. The van der Waals surface area contributed by atoms with Crippen LogP contribution in [0, 0.1) is 0 Å². The van der Waals surface area contributed by atoms with Gasteiger partial charge in [-0.15, -0.1) is 0 Å². The first-order valence-electron chi connectivity index (χ1n) is 6.00. The summed E-state index contributed by atoms with van der Waals surface area (Å²) < 4.78 is 4.83. The fourth-order valence-corrected chi connectivity index (χ4v) is 1.57. The van der Waals surface area contributed by atoms with Gasteiger partial charge in [0.05, 0.1) is 19.0 Å². The third-order valence-corrected chi connectivity index (χ3v) is 2.44. The zero-order valence-corrected chi connectivity index (χ0v) is 11.7. The van der Waals surface area contributed by atoms with Crippen LogP contribution >= 0.6 is 11.6 Å². The maximum Gasteiger partial charge on any atom is 0.325 e. The monoisotopic (exact) mass is 285 g/mol. The van der Waals surface area contributed by atoms with Crippen molar-refractivity contribution < 1.29 is 14.3 Å². The van der Waals surface area contributed by atoms with E-state index >= 15 is 0 Å². The molecule has 0 bridgehead atoms. The van der Waals surface area contributed by atoms with Gasteiger partial charge in [0.25, 0.3) is 5.91 Å². The summed E-state index contributed by atoms with van der Waals surface area (Å²) in [5.41, 5.74) is 0.155. The molecule has 0 saturated carbocycles. The number of rotatable bonds is 6. The van der Waals surface area contributed by atoms with Gasteiger partial charge in [-0.1, -0.05) is 18.5 Å². The fourth-order valence-electron chi connectivity index (χ4n) is 1.47. The molecule has 1 heterocycles. The summed E-state index contributed by atoms with van der Waals surface area (Å²) in [5.74, 6) is -0.801. The SMILES string of the molecule is CCCN(CC(=O)OCC)C(=O)c1cnc(Cl)cn1. The molecule has 0 aliphatic carbocycles. The van der Waals surface area contributed by atoms with E-state index in [4.69, 9.17) is 16.3 Å². The molecule has 0 N–H and O–H groups in total. The number of halogens is 1. The zero-order valence-electron chi connectivity index (χ0n) is 10.9. The molecular weight excluding hydrogens is 270 g/mol. The Labute approximate surface area is 116 Å². The number of hydrogen-bond acceptors (Lipinski definition) is 5. The van der Waals surface area contributed by atoms with Gasteiger partial charge in [-0.25, -0.2) is 9.97 Å². The van der Waals surface area contributed by atoms with Crippen molar-refractivity contribution in [3.05, 3.63) is 23.2 Å². The van der Waals surface area contributed by atoms with Gasteiger partial charge in [-0.3, -0.25) is 9.59 Å². The van der Waals surface area contributed by atoms with Crippen molar-refractivity contribution in [1.29, 1.82) is 0 Å². The number of hydrogen-bond donors (Lipinski definition) is 0. The topological polar surface area (TPSA) is 72.4 Å². The van der Waals surface area contributed by atoms with Gasteiger partial charge in [0, 0.05) is 6.54 Å². The van der Waals surface area contributed by atoms with E-state index in [1.807, 2.05) is 6.92 Å². The average Bonchev–Trinajstić information content (AvgIpc) is 2.38. The highest BCUT2D eigenvalue weighted by molar-refractivity contribution is 6.29. The third-order valence-electron chi connectivity index (χ3n) is 2.25. The van der Waals surface area contributed by atoms with Gasteiger partial charge in [0.15, 0.2) is 0 Å². The van der Waals surface area contributed by atoms with Crippen molar-refractivity contribution in [1.82, 2.24) is 14.9 Å². The normalized spacial score (nSPS) is 10.1. The summed E-state index contributed by atoms with van der Waals surface area (Å²) in [4.78, 5) is 32.7. The summed E-state index contributed by atoms with van der Waals surface area (Å²) in [7, 11) is 0. The van der Waals surface area contributed by atoms with E-state index in [1.54, 1.807) is 6.92 Å².